The highest BCUT2D eigenvalue weighted by Crippen LogP contribution is 2.30. The summed E-state index contributed by atoms with van der Waals surface area (Å²) >= 11 is 0. The highest BCUT2D eigenvalue weighted by atomic mass is 19.1. The molecule has 2 N–H and O–H groups in total. The molecule has 0 aliphatic rings. The van der Waals surface area contributed by atoms with E-state index in [2.05, 4.69) is 15.6 Å². The van der Waals surface area contributed by atoms with Crippen LogP contribution >= 0.6 is 0 Å². The zero-order valence-electron chi connectivity index (χ0n) is 20.2. The van der Waals surface area contributed by atoms with E-state index in [-0.39, 0.29) is 31.9 Å². The van der Waals surface area contributed by atoms with Crippen LogP contribution in [0.2, 0.25) is 0 Å². The number of methoxy groups -OCH3 is 1. The normalized spacial score (nSPS) is 11.4. The van der Waals surface area contributed by atoms with Crippen LogP contribution in [0, 0.1) is 12.7 Å². The Bertz CT molecular complexity index is 1170. The first kappa shape index (κ1) is 26.5. The summed E-state index contributed by atoms with van der Waals surface area (Å²) in [6.07, 6.45) is 1.28. The van der Waals surface area contributed by atoms with Crippen LogP contribution in [0.3, 0.4) is 0 Å². The van der Waals surface area contributed by atoms with Crippen molar-refractivity contribution < 1.29 is 23.5 Å². The molecule has 3 rings (SSSR count). The van der Waals surface area contributed by atoms with E-state index >= 15 is 0 Å². The molecule has 9 heteroatoms. The zero-order valence-corrected chi connectivity index (χ0v) is 20.2. The molecule has 0 saturated carbocycles. The summed E-state index contributed by atoms with van der Waals surface area (Å²) in [5.74, 6) is -1.35. The van der Waals surface area contributed by atoms with E-state index in [4.69, 9.17) is 4.74 Å². The maximum atomic E-state index is 13.7. The minimum atomic E-state index is -1.09. The number of hydrogen-bond donors (Lipinski definition) is 2. The molecule has 1 aromatic heterocycles. The molecule has 0 bridgehead atoms. The predicted octanol–water partition coefficient (Wildman–Crippen LogP) is 3.78. The highest BCUT2D eigenvalue weighted by molar-refractivity contribution is 6.03. The van der Waals surface area contributed by atoms with Gasteiger partial charge in [-0.3, -0.25) is 19.3 Å². The van der Waals surface area contributed by atoms with Crippen molar-refractivity contribution in [1.82, 2.24) is 10.3 Å². The van der Waals surface area contributed by atoms with Gasteiger partial charge in [0, 0.05) is 38.4 Å². The summed E-state index contributed by atoms with van der Waals surface area (Å²) < 4.78 is 18.7. The number of hydrogen-bond acceptors (Lipinski definition) is 5. The Hall–Kier alpha value is -4.11. The van der Waals surface area contributed by atoms with Gasteiger partial charge < -0.3 is 15.4 Å². The van der Waals surface area contributed by atoms with Crippen LogP contribution in [-0.4, -0.2) is 43.0 Å². The molecule has 0 aliphatic heterocycles. The Morgan fingerprint density at radius 2 is 1.81 bits per heavy atom. The number of nitrogens with zero attached hydrogens (tertiary/aromatic N) is 2. The van der Waals surface area contributed by atoms with Crippen molar-refractivity contribution in [3.8, 4) is 0 Å². The minimum absolute atomic E-state index is 0.112. The fourth-order valence-corrected chi connectivity index (χ4v) is 3.63. The van der Waals surface area contributed by atoms with Crippen molar-refractivity contribution in [2.24, 2.45) is 0 Å². The third-order valence-electron chi connectivity index (χ3n) is 5.34. The lowest BCUT2D eigenvalue weighted by Crippen LogP contribution is -2.45. The van der Waals surface area contributed by atoms with Gasteiger partial charge in [-0.05, 0) is 54.4 Å². The van der Waals surface area contributed by atoms with Gasteiger partial charge in [0.1, 0.15) is 17.7 Å². The van der Waals surface area contributed by atoms with E-state index in [1.807, 2.05) is 13.0 Å². The quantitative estimate of drug-likeness (QED) is 0.397. The van der Waals surface area contributed by atoms with Crippen LogP contribution in [-0.2, 0) is 19.1 Å². The fourth-order valence-electron chi connectivity index (χ4n) is 3.63. The molecule has 36 heavy (non-hydrogen) atoms. The van der Waals surface area contributed by atoms with Crippen molar-refractivity contribution in [3.05, 3.63) is 89.9 Å². The van der Waals surface area contributed by atoms with Gasteiger partial charge in [0.15, 0.2) is 0 Å². The molecule has 188 valence electrons. The average Bonchev–Trinajstić information content (AvgIpc) is 2.87. The van der Waals surface area contributed by atoms with Gasteiger partial charge in [-0.1, -0.05) is 30.3 Å². The number of benzene rings is 2. The van der Waals surface area contributed by atoms with Crippen LogP contribution in [0.5, 0.6) is 0 Å². The van der Waals surface area contributed by atoms with Crippen molar-refractivity contribution >= 4 is 29.2 Å². The topological polar surface area (TPSA) is 101 Å². The standard InChI is InChI=1S/C27H29FN4O4/c1-19-6-5-7-22(18-19)32(25(34)14-13-24(33)31-23-8-3-4-15-29-23)26(27(35)30-16-17-36-2)20-9-11-21(28)12-10-20/h3-12,15,18,26H,13-14,16-17H2,1-2H3,(H,30,35)(H,29,31,33)/t26-/m0/s1. The third-order valence-corrected chi connectivity index (χ3v) is 5.34. The van der Waals surface area contributed by atoms with Gasteiger partial charge in [0.05, 0.1) is 6.61 Å². The first-order chi connectivity index (χ1) is 17.4. The number of amides is 3. The average molecular weight is 493 g/mol. The minimum Gasteiger partial charge on any atom is -0.383 e. The lowest BCUT2D eigenvalue weighted by Gasteiger charge is -2.32. The second-order valence-corrected chi connectivity index (χ2v) is 8.10. The molecule has 8 nitrogen and oxygen atoms in total. The number of aryl methyl sites for hydroxylation is 1. The van der Waals surface area contributed by atoms with Gasteiger partial charge in [0.25, 0.3) is 0 Å². The summed E-state index contributed by atoms with van der Waals surface area (Å²) in [7, 11) is 1.52. The molecule has 0 spiro atoms. The highest BCUT2D eigenvalue weighted by Gasteiger charge is 2.33. The molecule has 0 saturated heterocycles. The molecular weight excluding hydrogens is 463 g/mol. The number of nitrogens with one attached hydrogen (secondary N) is 2. The van der Waals surface area contributed by atoms with E-state index in [9.17, 15) is 18.8 Å². The smallest absolute Gasteiger partial charge is 0.247 e. The molecule has 0 fully saturated rings. The number of aromatic nitrogens is 1. The van der Waals surface area contributed by atoms with E-state index in [0.717, 1.165) is 5.56 Å². The fraction of sp³-hybridized carbons (Fsp3) is 0.259. The summed E-state index contributed by atoms with van der Waals surface area (Å²) in [5, 5.41) is 5.43. The van der Waals surface area contributed by atoms with Crippen LogP contribution < -0.4 is 15.5 Å². The van der Waals surface area contributed by atoms with E-state index < -0.39 is 23.7 Å². The molecule has 0 radical (unpaired) electrons. The molecule has 3 amide bonds. The van der Waals surface area contributed by atoms with Crippen LogP contribution in [0.15, 0.2) is 72.9 Å². The second-order valence-electron chi connectivity index (χ2n) is 8.10. The summed E-state index contributed by atoms with van der Waals surface area (Å²) in [4.78, 5) is 44.8. The number of pyridine rings is 1. The Morgan fingerprint density at radius 3 is 2.47 bits per heavy atom. The first-order valence-electron chi connectivity index (χ1n) is 11.5. The third kappa shape index (κ3) is 7.44. The Morgan fingerprint density at radius 1 is 1.03 bits per heavy atom. The van der Waals surface area contributed by atoms with Gasteiger partial charge in [0.2, 0.25) is 17.7 Å². The van der Waals surface area contributed by atoms with Gasteiger partial charge in [-0.25, -0.2) is 9.37 Å². The lowest BCUT2D eigenvalue weighted by molar-refractivity contribution is -0.127. The lowest BCUT2D eigenvalue weighted by atomic mass is 10.0. The molecule has 0 aliphatic carbocycles. The first-order valence-corrected chi connectivity index (χ1v) is 11.5. The van der Waals surface area contributed by atoms with Crippen LogP contribution in [0.1, 0.15) is 30.0 Å². The van der Waals surface area contributed by atoms with Crippen molar-refractivity contribution in [1.29, 1.82) is 0 Å². The van der Waals surface area contributed by atoms with E-state index in [1.165, 1.54) is 36.3 Å². The summed E-state index contributed by atoms with van der Waals surface area (Å²) in [5.41, 5.74) is 1.80. The van der Waals surface area contributed by atoms with Crippen LogP contribution in [0.4, 0.5) is 15.9 Å². The molecule has 1 atom stereocenters. The number of carbonyl (C=O) groups excluding carboxylic acids is 3. The SMILES string of the molecule is COCCNC(=O)[C@H](c1ccc(F)cc1)N(C(=O)CCC(=O)Nc1ccccn1)c1cccc(C)c1. The van der Waals surface area contributed by atoms with Crippen molar-refractivity contribution in [2.45, 2.75) is 25.8 Å². The zero-order chi connectivity index (χ0) is 25.9. The number of ether oxygens (including phenoxy) is 1. The summed E-state index contributed by atoms with van der Waals surface area (Å²) in [6.45, 7) is 2.39. The van der Waals surface area contributed by atoms with Gasteiger partial charge in [-0.2, -0.15) is 0 Å². The van der Waals surface area contributed by atoms with Crippen molar-refractivity contribution in [2.75, 3.05) is 30.5 Å². The van der Waals surface area contributed by atoms with Crippen molar-refractivity contribution in [3.63, 3.8) is 0 Å². The number of carbonyl (C=O) groups is 3. The van der Waals surface area contributed by atoms with Crippen LogP contribution in [0.25, 0.3) is 0 Å². The second kappa shape index (κ2) is 13.1. The van der Waals surface area contributed by atoms with Gasteiger partial charge >= 0.3 is 0 Å². The molecule has 0 unspecified atom stereocenters. The van der Waals surface area contributed by atoms with E-state index in [0.29, 0.717) is 17.1 Å². The number of rotatable bonds is 11. The molecule has 3 aromatic rings. The maximum absolute atomic E-state index is 13.7. The number of halogens is 1. The molecule has 1 heterocycles. The Balaban J connectivity index is 1.90. The molecule has 2 aromatic carbocycles. The molecular formula is C27H29FN4O4. The Kier molecular flexibility index (Phi) is 9.64. The largest absolute Gasteiger partial charge is 0.383 e. The monoisotopic (exact) mass is 492 g/mol. The predicted molar refractivity (Wildman–Crippen MR) is 135 cm³/mol. The van der Waals surface area contributed by atoms with Gasteiger partial charge in [-0.15, -0.1) is 0 Å². The Labute approximate surface area is 209 Å². The maximum Gasteiger partial charge on any atom is 0.247 e. The van der Waals surface area contributed by atoms with E-state index in [1.54, 1.807) is 42.6 Å². The summed E-state index contributed by atoms with van der Waals surface area (Å²) in [6, 6.07) is 16.6. The number of anilines is 2.